The Morgan fingerprint density at radius 1 is 1.25 bits per heavy atom. The van der Waals surface area contributed by atoms with Gasteiger partial charge in [-0.3, -0.25) is 0 Å². The lowest BCUT2D eigenvalue weighted by molar-refractivity contribution is 0.816. The van der Waals surface area contributed by atoms with Crippen LogP contribution in [0.1, 0.15) is 24.1 Å². The van der Waals surface area contributed by atoms with Crippen molar-refractivity contribution < 1.29 is 0 Å². The van der Waals surface area contributed by atoms with Gasteiger partial charge in [-0.15, -0.1) is 0 Å². The Bertz CT molecular complexity index is 272. The first-order chi connectivity index (χ1) is 5.52. The molecule has 1 unspecified atom stereocenters. The van der Waals surface area contributed by atoms with E-state index in [1.807, 2.05) is 6.92 Å². The summed E-state index contributed by atoms with van der Waals surface area (Å²) in [5.74, 6) is 0. The van der Waals surface area contributed by atoms with Crippen LogP contribution in [0.25, 0.3) is 0 Å². The molecule has 0 aliphatic rings. The highest BCUT2D eigenvalue weighted by Gasteiger charge is 2.05. The molecule has 0 saturated heterocycles. The van der Waals surface area contributed by atoms with E-state index >= 15 is 0 Å². The molecule has 0 spiro atoms. The minimum absolute atomic E-state index is 0.0817. The van der Waals surface area contributed by atoms with E-state index in [1.165, 1.54) is 5.56 Å². The minimum Gasteiger partial charge on any atom is -0.324 e. The molecule has 1 aromatic rings. The molecule has 2 N–H and O–H groups in total. The van der Waals surface area contributed by atoms with Gasteiger partial charge in [-0.1, -0.05) is 31.9 Å². The van der Waals surface area contributed by atoms with Crippen LogP contribution in [0, 0.1) is 6.92 Å². The van der Waals surface area contributed by atoms with Crippen LogP contribution in [0.15, 0.2) is 21.1 Å². The lowest BCUT2D eigenvalue weighted by Gasteiger charge is -2.09. The first-order valence-corrected chi connectivity index (χ1v) is 5.32. The molecule has 1 rings (SSSR count). The van der Waals surface area contributed by atoms with E-state index in [9.17, 15) is 0 Å². The van der Waals surface area contributed by atoms with Gasteiger partial charge in [-0.05, 0) is 37.1 Å². The van der Waals surface area contributed by atoms with Crippen LogP contribution in [0.2, 0.25) is 0 Å². The van der Waals surface area contributed by atoms with Crippen molar-refractivity contribution in [1.29, 1.82) is 0 Å². The molecule has 0 aromatic heterocycles. The highest BCUT2D eigenvalue weighted by atomic mass is 79.9. The Kier molecular flexibility index (Phi) is 3.32. The molecular weight excluding hydrogens is 282 g/mol. The number of hydrogen-bond acceptors (Lipinski definition) is 1. The molecule has 66 valence electrons. The fraction of sp³-hybridized carbons (Fsp3) is 0.333. The molecule has 1 nitrogen and oxygen atoms in total. The molecule has 0 heterocycles. The zero-order valence-electron chi connectivity index (χ0n) is 7.07. The Morgan fingerprint density at radius 3 is 2.00 bits per heavy atom. The van der Waals surface area contributed by atoms with Crippen LogP contribution in [0.3, 0.4) is 0 Å². The lowest BCUT2D eigenvalue weighted by atomic mass is 10.1. The Hall–Kier alpha value is 0.140. The third-order valence-electron chi connectivity index (χ3n) is 1.83. The highest BCUT2D eigenvalue weighted by molar-refractivity contribution is 9.11. The predicted molar refractivity (Wildman–Crippen MR) is 59.2 cm³/mol. The average molecular weight is 293 g/mol. The number of hydrogen-bond donors (Lipinski definition) is 1. The van der Waals surface area contributed by atoms with Gasteiger partial charge in [0.05, 0.1) is 0 Å². The third kappa shape index (κ3) is 2.09. The fourth-order valence-corrected chi connectivity index (χ4v) is 2.15. The molecule has 12 heavy (non-hydrogen) atoms. The summed E-state index contributed by atoms with van der Waals surface area (Å²) in [4.78, 5) is 0. The summed E-state index contributed by atoms with van der Waals surface area (Å²) < 4.78 is 2.20. The maximum atomic E-state index is 5.76. The number of nitrogens with two attached hydrogens (primary N) is 1. The summed E-state index contributed by atoms with van der Waals surface area (Å²) >= 11 is 6.96. The van der Waals surface area contributed by atoms with Gasteiger partial charge in [0.15, 0.2) is 0 Å². The molecular formula is C9H11Br2N. The predicted octanol–water partition coefficient (Wildman–Crippen LogP) is 3.54. The Balaban J connectivity index is 3.21. The van der Waals surface area contributed by atoms with Crippen molar-refractivity contribution in [3.63, 3.8) is 0 Å². The lowest BCUT2D eigenvalue weighted by Crippen LogP contribution is -2.05. The summed E-state index contributed by atoms with van der Waals surface area (Å²) in [5.41, 5.74) is 8.11. The largest absolute Gasteiger partial charge is 0.324 e. The van der Waals surface area contributed by atoms with Crippen LogP contribution in [0.4, 0.5) is 0 Å². The SMILES string of the molecule is Cc1c(Br)cc(C(C)N)cc1Br. The van der Waals surface area contributed by atoms with E-state index in [1.54, 1.807) is 0 Å². The molecule has 0 radical (unpaired) electrons. The Labute approximate surface area is 89.6 Å². The molecule has 3 heteroatoms. The van der Waals surface area contributed by atoms with Gasteiger partial charge in [0, 0.05) is 15.0 Å². The van der Waals surface area contributed by atoms with E-state index in [4.69, 9.17) is 5.73 Å². The van der Waals surface area contributed by atoms with Gasteiger partial charge < -0.3 is 5.73 Å². The first kappa shape index (κ1) is 10.2. The van der Waals surface area contributed by atoms with Crippen LogP contribution in [-0.4, -0.2) is 0 Å². The van der Waals surface area contributed by atoms with Crippen LogP contribution >= 0.6 is 31.9 Å². The summed E-state index contributed by atoms with van der Waals surface area (Å²) in [6.07, 6.45) is 0. The van der Waals surface area contributed by atoms with Crippen molar-refractivity contribution in [2.24, 2.45) is 5.73 Å². The highest BCUT2D eigenvalue weighted by Crippen LogP contribution is 2.28. The van der Waals surface area contributed by atoms with Crippen molar-refractivity contribution in [3.8, 4) is 0 Å². The second-order valence-corrected chi connectivity index (χ2v) is 4.61. The van der Waals surface area contributed by atoms with Crippen molar-refractivity contribution in [3.05, 3.63) is 32.2 Å². The Morgan fingerprint density at radius 2 is 1.67 bits per heavy atom. The van der Waals surface area contributed by atoms with E-state index in [-0.39, 0.29) is 6.04 Å². The minimum atomic E-state index is 0.0817. The topological polar surface area (TPSA) is 26.0 Å². The van der Waals surface area contributed by atoms with E-state index < -0.39 is 0 Å². The van der Waals surface area contributed by atoms with Gasteiger partial charge in [0.1, 0.15) is 0 Å². The van der Waals surface area contributed by atoms with Gasteiger partial charge >= 0.3 is 0 Å². The molecule has 0 aliphatic heterocycles. The van der Waals surface area contributed by atoms with Gasteiger partial charge in [-0.25, -0.2) is 0 Å². The molecule has 1 aromatic carbocycles. The van der Waals surface area contributed by atoms with E-state index in [0.29, 0.717) is 0 Å². The van der Waals surface area contributed by atoms with Crippen LogP contribution in [0.5, 0.6) is 0 Å². The van der Waals surface area contributed by atoms with Gasteiger partial charge in [-0.2, -0.15) is 0 Å². The molecule has 0 bridgehead atoms. The first-order valence-electron chi connectivity index (χ1n) is 3.73. The molecule has 0 aliphatic carbocycles. The van der Waals surface area contributed by atoms with Crippen molar-refractivity contribution in [1.82, 2.24) is 0 Å². The quantitative estimate of drug-likeness (QED) is 0.842. The molecule has 0 fully saturated rings. The van der Waals surface area contributed by atoms with E-state index in [0.717, 1.165) is 14.5 Å². The fourth-order valence-electron chi connectivity index (χ4n) is 0.928. The second kappa shape index (κ2) is 3.90. The van der Waals surface area contributed by atoms with Crippen LogP contribution < -0.4 is 5.73 Å². The van der Waals surface area contributed by atoms with Gasteiger partial charge in [0.25, 0.3) is 0 Å². The summed E-state index contributed by atoms with van der Waals surface area (Å²) in [6, 6.07) is 4.20. The molecule has 1 atom stereocenters. The average Bonchev–Trinajstić information content (AvgIpc) is 1.99. The zero-order valence-corrected chi connectivity index (χ0v) is 10.2. The van der Waals surface area contributed by atoms with Crippen molar-refractivity contribution in [2.45, 2.75) is 19.9 Å². The molecule has 0 amide bonds. The molecule has 0 saturated carbocycles. The monoisotopic (exact) mass is 291 g/mol. The standard InChI is InChI=1S/C9H11Br2N/c1-5-8(10)3-7(6(2)12)4-9(5)11/h3-4,6H,12H2,1-2H3. The van der Waals surface area contributed by atoms with Gasteiger partial charge in [0.2, 0.25) is 0 Å². The van der Waals surface area contributed by atoms with Crippen molar-refractivity contribution in [2.75, 3.05) is 0 Å². The smallest absolute Gasteiger partial charge is 0.0266 e. The number of benzene rings is 1. The summed E-state index contributed by atoms with van der Waals surface area (Å²) in [7, 11) is 0. The van der Waals surface area contributed by atoms with Crippen molar-refractivity contribution >= 4 is 31.9 Å². The summed E-state index contributed by atoms with van der Waals surface area (Å²) in [6.45, 7) is 4.03. The number of halogens is 2. The summed E-state index contributed by atoms with van der Waals surface area (Å²) in [5, 5.41) is 0. The zero-order chi connectivity index (χ0) is 9.30. The number of rotatable bonds is 1. The maximum Gasteiger partial charge on any atom is 0.0266 e. The maximum absolute atomic E-state index is 5.76. The van der Waals surface area contributed by atoms with Crippen LogP contribution in [-0.2, 0) is 0 Å². The third-order valence-corrected chi connectivity index (χ3v) is 3.48. The second-order valence-electron chi connectivity index (χ2n) is 2.90. The van der Waals surface area contributed by atoms with E-state index in [2.05, 4.69) is 50.9 Å². The normalized spacial score (nSPS) is 13.1.